The van der Waals surface area contributed by atoms with E-state index in [1.54, 1.807) is 18.7 Å². The third kappa shape index (κ3) is 4.37. The molecule has 0 bridgehead atoms. The van der Waals surface area contributed by atoms with Gasteiger partial charge in [0.15, 0.2) is 0 Å². The molecule has 0 saturated carbocycles. The van der Waals surface area contributed by atoms with Crippen molar-refractivity contribution in [1.82, 2.24) is 4.90 Å². The number of hydrogen-bond donors (Lipinski definition) is 0. The number of rotatable bonds is 5. The molecular formula is C12H19NO5. The number of esters is 2. The number of nitrogens with zero attached hydrogens (tertiary/aromatic N) is 1. The fourth-order valence-corrected chi connectivity index (χ4v) is 1.58. The lowest BCUT2D eigenvalue weighted by Gasteiger charge is -2.29. The van der Waals surface area contributed by atoms with Gasteiger partial charge in [0.1, 0.15) is 5.70 Å². The van der Waals surface area contributed by atoms with E-state index in [9.17, 15) is 9.59 Å². The Labute approximate surface area is 106 Å². The Bertz CT molecular complexity index is 320. The van der Waals surface area contributed by atoms with Crippen molar-refractivity contribution >= 4 is 11.9 Å². The molecule has 6 heteroatoms. The molecular weight excluding hydrogens is 238 g/mol. The van der Waals surface area contributed by atoms with E-state index in [0.717, 1.165) is 0 Å². The highest BCUT2D eigenvalue weighted by Crippen LogP contribution is 2.10. The van der Waals surface area contributed by atoms with Crippen LogP contribution in [0.3, 0.4) is 0 Å². The minimum Gasteiger partial charge on any atom is -0.463 e. The molecule has 0 aliphatic carbocycles. The van der Waals surface area contributed by atoms with Gasteiger partial charge in [-0.25, -0.2) is 9.59 Å². The molecule has 0 unspecified atom stereocenters. The van der Waals surface area contributed by atoms with Gasteiger partial charge >= 0.3 is 11.9 Å². The van der Waals surface area contributed by atoms with Crippen molar-refractivity contribution in [2.24, 2.45) is 0 Å². The summed E-state index contributed by atoms with van der Waals surface area (Å²) in [6, 6.07) is 0. The van der Waals surface area contributed by atoms with Crippen LogP contribution >= 0.6 is 0 Å². The van der Waals surface area contributed by atoms with Crippen molar-refractivity contribution in [3.05, 3.63) is 11.8 Å². The molecule has 1 heterocycles. The van der Waals surface area contributed by atoms with E-state index in [1.165, 1.54) is 6.08 Å². The second-order valence-corrected chi connectivity index (χ2v) is 3.60. The summed E-state index contributed by atoms with van der Waals surface area (Å²) in [7, 11) is 0. The first-order valence-corrected chi connectivity index (χ1v) is 6.07. The second-order valence-electron chi connectivity index (χ2n) is 3.60. The molecule has 6 nitrogen and oxygen atoms in total. The van der Waals surface area contributed by atoms with Gasteiger partial charge in [0.2, 0.25) is 0 Å². The predicted molar refractivity (Wildman–Crippen MR) is 63.7 cm³/mol. The number of carbonyl (C=O) groups excluding carboxylic acids is 2. The molecule has 0 aromatic heterocycles. The second kappa shape index (κ2) is 7.71. The molecule has 0 aromatic rings. The predicted octanol–water partition coefficient (Wildman–Crippen LogP) is 0.329. The summed E-state index contributed by atoms with van der Waals surface area (Å²) in [6.45, 7) is 6.15. The van der Waals surface area contributed by atoms with E-state index in [1.807, 2.05) is 0 Å². The van der Waals surface area contributed by atoms with Gasteiger partial charge in [-0.05, 0) is 13.8 Å². The summed E-state index contributed by atoms with van der Waals surface area (Å²) >= 11 is 0. The van der Waals surface area contributed by atoms with Gasteiger partial charge in [-0.15, -0.1) is 0 Å². The maximum absolute atomic E-state index is 11.8. The van der Waals surface area contributed by atoms with E-state index in [0.29, 0.717) is 26.3 Å². The summed E-state index contributed by atoms with van der Waals surface area (Å²) in [5.41, 5.74) is 0.235. The molecule has 18 heavy (non-hydrogen) atoms. The molecule has 1 rings (SSSR count). The zero-order valence-corrected chi connectivity index (χ0v) is 10.8. The van der Waals surface area contributed by atoms with Gasteiger partial charge in [0, 0.05) is 13.1 Å². The fraction of sp³-hybridized carbons (Fsp3) is 0.667. The van der Waals surface area contributed by atoms with Crippen LogP contribution in [0.4, 0.5) is 0 Å². The minimum atomic E-state index is -0.535. The Hall–Kier alpha value is -1.56. The fourth-order valence-electron chi connectivity index (χ4n) is 1.58. The van der Waals surface area contributed by atoms with Crippen LogP contribution in [0.15, 0.2) is 11.8 Å². The third-order valence-corrected chi connectivity index (χ3v) is 2.38. The lowest BCUT2D eigenvalue weighted by atomic mass is 10.3. The largest absolute Gasteiger partial charge is 0.463 e. The molecule has 1 aliphatic rings. The van der Waals surface area contributed by atoms with Gasteiger partial charge in [-0.1, -0.05) is 0 Å². The molecule has 0 N–H and O–H groups in total. The first-order chi connectivity index (χ1) is 8.69. The van der Waals surface area contributed by atoms with E-state index < -0.39 is 11.9 Å². The Balaban J connectivity index is 2.79. The highest BCUT2D eigenvalue weighted by molar-refractivity contribution is 5.95. The molecule has 0 amide bonds. The average Bonchev–Trinajstić information content (AvgIpc) is 2.37. The van der Waals surface area contributed by atoms with Crippen LogP contribution in [0.5, 0.6) is 0 Å². The Morgan fingerprint density at radius 2 is 1.78 bits per heavy atom. The van der Waals surface area contributed by atoms with Crippen molar-refractivity contribution in [3.8, 4) is 0 Å². The van der Waals surface area contributed by atoms with Crippen molar-refractivity contribution in [3.63, 3.8) is 0 Å². The van der Waals surface area contributed by atoms with E-state index in [2.05, 4.69) is 0 Å². The normalized spacial score (nSPS) is 16.3. The van der Waals surface area contributed by atoms with Crippen LogP contribution in [0, 0.1) is 0 Å². The summed E-state index contributed by atoms with van der Waals surface area (Å²) < 4.78 is 15.0. The molecule has 1 aliphatic heterocycles. The molecule has 1 fully saturated rings. The molecule has 102 valence electrons. The highest BCUT2D eigenvalue weighted by Gasteiger charge is 2.22. The summed E-state index contributed by atoms with van der Waals surface area (Å²) in [5, 5.41) is 0. The molecule has 0 aromatic carbocycles. The van der Waals surface area contributed by atoms with Crippen LogP contribution in [0.25, 0.3) is 0 Å². The van der Waals surface area contributed by atoms with Crippen molar-refractivity contribution in [2.75, 3.05) is 39.5 Å². The summed E-state index contributed by atoms with van der Waals surface area (Å²) in [6.07, 6.45) is 1.19. The van der Waals surface area contributed by atoms with Gasteiger partial charge in [-0.3, -0.25) is 0 Å². The molecule has 0 spiro atoms. The zero-order valence-electron chi connectivity index (χ0n) is 10.8. The van der Waals surface area contributed by atoms with Crippen LogP contribution in [0.2, 0.25) is 0 Å². The maximum Gasteiger partial charge on any atom is 0.354 e. The highest BCUT2D eigenvalue weighted by atomic mass is 16.5. The monoisotopic (exact) mass is 257 g/mol. The van der Waals surface area contributed by atoms with Crippen LogP contribution in [-0.4, -0.2) is 56.4 Å². The smallest absolute Gasteiger partial charge is 0.354 e. The Kier molecular flexibility index (Phi) is 6.21. The maximum atomic E-state index is 11.8. The van der Waals surface area contributed by atoms with E-state index >= 15 is 0 Å². The van der Waals surface area contributed by atoms with Crippen LogP contribution in [-0.2, 0) is 23.8 Å². The van der Waals surface area contributed by atoms with Crippen molar-refractivity contribution in [1.29, 1.82) is 0 Å². The lowest BCUT2D eigenvalue weighted by Crippen LogP contribution is -2.39. The van der Waals surface area contributed by atoms with Crippen molar-refractivity contribution < 1.29 is 23.8 Å². The Morgan fingerprint density at radius 1 is 1.17 bits per heavy atom. The molecule has 0 atom stereocenters. The molecule has 1 saturated heterocycles. The van der Waals surface area contributed by atoms with Crippen LogP contribution in [0.1, 0.15) is 13.8 Å². The number of morpholine rings is 1. The van der Waals surface area contributed by atoms with Crippen LogP contribution < -0.4 is 0 Å². The van der Waals surface area contributed by atoms with Gasteiger partial charge < -0.3 is 19.1 Å². The first-order valence-electron chi connectivity index (χ1n) is 6.07. The summed E-state index contributed by atoms with van der Waals surface area (Å²) in [4.78, 5) is 25.0. The SMILES string of the molecule is CCOC(=O)/C=C(/C(=O)OCC)N1CCOCC1. The van der Waals surface area contributed by atoms with Gasteiger partial charge in [0.25, 0.3) is 0 Å². The van der Waals surface area contributed by atoms with E-state index in [4.69, 9.17) is 14.2 Å². The summed E-state index contributed by atoms with van der Waals surface area (Å²) in [5.74, 6) is -1.04. The first kappa shape index (κ1) is 14.5. The molecule has 0 radical (unpaired) electrons. The third-order valence-electron chi connectivity index (χ3n) is 2.38. The van der Waals surface area contributed by atoms with Gasteiger partial charge in [0.05, 0.1) is 32.5 Å². The van der Waals surface area contributed by atoms with Crippen molar-refractivity contribution in [2.45, 2.75) is 13.8 Å². The number of ether oxygens (including phenoxy) is 3. The quantitative estimate of drug-likeness (QED) is 0.522. The minimum absolute atomic E-state index is 0.235. The van der Waals surface area contributed by atoms with Gasteiger partial charge in [-0.2, -0.15) is 0 Å². The lowest BCUT2D eigenvalue weighted by molar-refractivity contribution is -0.143. The average molecular weight is 257 g/mol. The standard InChI is InChI=1S/C12H19NO5/c1-3-17-11(14)9-10(12(15)18-4-2)13-5-7-16-8-6-13/h9H,3-8H2,1-2H3/b10-9-. The number of carbonyl (C=O) groups is 2. The zero-order chi connectivity index (χ0) is 13.4. The number of hydrogen-bond acceptors (Lipinski definition) is 6. The Morgan fingerprint density at radius 3 is 2.33 bits per heavy atom. The van der Waals surface area contributed by atoms with E-state index in [-0.39, 0.29) is 18.9 Å². The topological polar surface area (TPSA) is 65.1 Å².